The Hall–Kier alpha value is -3.69. The fourth-order valence-electron chi connectivity index (χ4n) is 3.55. The van der Waals surface area contributed by atoms with Gasteiger partial charge in [0.05, 0.1) is 23.4 Å². The lowest BCUT2D eigenvalue weighted by atomic mass is 10.1. The van der Waals surface area contributed by atoms with Gasteiger partial charge in [-0.3, -0.25) is 4.79 Å². The fraction of sp³-hybridized carbons (Fsp3) is 0.0800. The first-order valence-corrected chi connectivity index (χ1v) is 10.5. The van der Waals surface area contributed by atoms with Crippen LogP contribution in [0.5, 0.6) is 0 Å². The molecule has 3 aromatic carbocycles. The molecule has 0 aliphatic carbocycles. The van der Waals surface area contributed by atoms with Crippen molar-refractivity contribution in [2.45, 2.75) is 13.5 Å². The van der Waals surface area contributed by atoms with Gasteiger partial charge in [-0.2, -0.15) is 10.4 Å². The third kappa shape index (κ3) is 4.27. The number of rotatable bonds is 5. The van der Waals surface area contributed by atoms with Gasteiger partial charge in [0.2, 0.25) is 0 Å². The standard InChI is InChI=1S/C25H19BrN4O/c1-17-22(15-28-29-25(31)21-7-2-4-8-23(21)26)20-6-3-5-9-24(20)30(17)16-19-12-10-18(14-27)11-13-19/h2-13,15H,16H2,1H3,(H,29,31)/b28-15-. The van der Waals surface area contributed by atoms with Crippen molar-refractivity contribution in [3.8, 4) is 6.07 Å². The summed E-state index contributed by atoms with van der Waals surface area (Å²) in [5, 5.41) is 14.3. The van der Waals surface area contributed by atoms with Crippen LogP contribution in [-0.2, 0) is 6.54 Å². The second-order valence-electron chi connectivity index (χ2n) is 7.09. The normalized spacial score (nSPS) is 11.0. The van der Waals surface area contributed by atoms with Crippen molar-refractivity contribution in [1.29, 1.82) is 5.26 Å². The zero-order chi connectivity index (χ0) is 21.8. The molecule has 31 heavy (non-hydrogen) atoms. The van der Waals surface area contributed by atoms with Crippen LogP contribution in [0.1, 0.15) is 32.7 Å². The number of carbonyl (C=O) groups excluding carboxylic acids is 1. The fourth-order valence-corrected chi connectivity index (χ4v) is 4.02. The highest BCUT2D eigenvalue weighted by atomic mass is 79.9. The molecule has 152 valence electrons. The van der Waals surface area contributed by atoms with E-state index in [0.29, 0.717) is 17.7 Å². The van der Waals surface area contributed by atoms with Crippen LogP contribution in [0, 0.1) is 18.3 Å². The van der Waals surface area contributed by atoms with Gasteiger partial charge in [0, 0.05) is 33.2 Å². The van der Waals surface area contributed by atoms with Crippen molar-refractivity contribution in [3.63, 3.8) is 0 Å². The minimum atomic E-state index is -0.275. The molecule has 5 nitrogen and oxygen atoms in total. The summed E-state index contributed by atoms with van der Waals surface area (Å²) in [6.45, 7) is 2.72. The van der Waals surface area contributed by atoms with Crippen LogP contribution in [0.2, 0.25) is 0 Å². The molecule has 0 bridgehead atoms. The molecule has 1 aromatic heterocycles. The molecule has 1 amide bonds. The summed E-state index contributed by atoms with van der Waals surface area (Å²) in [6.07, 6.45) is 1.70. The van der Waals surface area contributed by atoms with Crippen molar-refractivity contribution in [1.82, 2.24) is 9.99 Å². The van der Waals surface area contributed by atoms with E-state index in [9.17, 15) is 4.79 Å². The Morgan fingerprint density at radius 1 is 1.10 bits per heavy atom. The number of nitriles is 1. The van der Waals surface area contributed by atoms with Crippen LogP contribution < -0.4 is 5.43 Å². The Morgan fingerprint density at radius 2 is 1.81 bits per heavy atom. The predicted molar refractivity (Wildman–Crippen MR) is 126 cm³/mol. The molecular formula is C25H19BrN4O. The van der Waals surface area contributed by atoms with Crippen LogP contribution in [0.4, 0.5) is 0 Å². The number of carbonyl (C=O) groups is 1. The quantitative estimate of drug-likeness (QED) is 0.313. The van der Waals surface area contributed by atoms with E-state index in [1.807, 2.05) is 61.5 Å². The first-order valence-electron chi connectivity index (χ1n) is 9.73. The first kappa shape index (κ1) is 20.6. The van der Waals surface area contributed by atoms with Crippen molar-refractivity contribution in [2.24, 2.45) is 5.10 Å². The Morgan fingerprint density at radius 3 is 2.55 bits per heavy atom. The summed E-state index contributed by atoms with van der Waals surface area (Å²) >= 11 is 3.39. The van der Waals surface area contributed by atoms with Gasteiger partial charge in [0.15, 0.2) is 0 Å². The van der Waals surface area contributed by atoms with Crippen LogP contribution in [0.15, 0.2) is 82.4 Å². The molecule has 0 aliphatic rings. The van der Waals surface area contributed by atoms with E-state index in [1.54, 1.807) is 12.3 Å². The molecule has 0 aliphatic heterocycles. The number of nitrogens with zero attached hydrogens (tertiary/aromatic N) is 3. The lowest BCUT2D eigenvalue weighted by Crippen LogP contribution is -2.18. The average Bonchev–Trinajstić information content (AvgIpc) is 3.06. The van der Waals surface area contributed by atoms with Gasteiger partial charge >= 0.3 is 0 Å². The zero-order valence-corrected chi connectivity index (χ0v) is 18.4. The van der Waals surface area contributed by atoms with Gasteiger partial charge in [-0.15, -0.1) is 0 Å². The van der Waals surface area contributed by atoms with Crippen molar-refractivity contribution in [3.05, 3.63) is 105 Å². The Bertz CT molecular complexity index is 1330. The van der Waals surface area contributed by atoms with Gasteiger partial charge in [-0.1, -0.05) is 42.5 Å². The number of amides is 1. The molecule has 0 radical (unpaired) electrons. The third-order valence-electron chi connectivity index (χ3n) is 5.18. The number of para-hydroxylation sites is 1. The topological polar surface area (TPSA) is 70.2 Å². The molecule has 1 N–H and O–H groups in total. The molecule has 4 aromatic rings. The lowest BCUT2D eigenvalue weighted by Gasteiger charge is -2.09. The first-order chi connectivity index (χ1) is 15.1. The highest BCUT2D eigenvalue weighted by Crippen LogP contribution is 2.25. The van der Waals surface area contributed by atoms with E-state index in [2.05, 4.69) is 49.2 Å². The van der Waals surface area contributed by atoms with Gasteiger partial charge in [-0.05, 0) is 58.7 Å². The Kier molecular flexibility index (Phi) is 5.96. The molecule has 6 heteroatoms. The van der Waals surface area contributed by atoms with Crippen molar-refractivity contribution in [2.75, 3.05) is 0 Å². The molecule has 0 unspecified atom stereocenters. The number of nitrogens with one attached hydrogen (secondary N) is 1. The van der Waals surface area contributed by atoms with Crippen molar-refractivity contribution < 1.29 is 4.79 Å². The summed E-state index contributed by atoms with van der Waals surface area (Å²) in [7, 11) is 0. The van der Waals surface area contributed by atoms with Gasteiger partial charge < -0.3 is 4.57 Å². The molecule has 4 rings (SSSR count). The molecule has 0 spiro atoms. The number of fused-ring (bicyclic) bond motifs is 1. The van der Waals surface area contributed by atoms with E-state index in [0.717, 1.165) is 32.2 Å². The van der Waals surface area contributed by atoms with E-state index >= 15 is 0 Å². The zero-order valence-electron chi connectivity index (χ0n) is 16.8. The summed E-state index contributed by atoms with van der Waals surface area (Å²) in [5.41, 5.74) is 7.98. The van der Waals surface area contributed by atoms with Crippen LogP contribution in [-0.4, -0.2) is 16.7 Å². The number of aromatic nitrogens is 1. The van der Waals surface area contributed by atoms with E-state index in [1.165, 1.54) is 0 Å². The molecule has 0 saturated carbocycles. The van der Waals surface area contributed by atoms with E-state index in [-0.39, 0.29) is 5.91 Å². The number of benzene rings is 3. The Labute approximate surface area is 188 Å². The van der Waals surface area contributed by atoms with Gasteiger partial charge in [-0.25, -0.2) is 5.43 Å². The van der Waals surface area contributed by atoms with Gasteiger partial charge in [0.25, 0.3) is 5.91 Å². The minimum absolute atomic E-state index is 0.275. The SMILES string of the molecule is Cc1c(/C=N\NC(=O)c2ccccc2Br)c2ccccc2n1Cc1ccc(C#N)cc1. The largest absolute Gasteiger partial charge is 0.340 e. The van der Waals surface area contributed by atoms with Crippen LogP contribution >= 0.6 is 15.9 Å². The van der Waals surface area contributed by atoms with E-state index in [4.69, 9.17) is 5.26 Å². The van der Waals surface area contributed by atoms with E-state index < -0.39 is 0 Å². The molecule has 0 saturated heterocycles. The monoisotopic (exact) mass is 470 g/mol. The highest BCUT2D eigenvalue weighted by Gasteiger charge is 2.13. The lowest BCUT2D eigenvalue weighted by molar-refractivity contribution is 0.0954. The molecule has 0 atom stereocenters. The maximum Gasteiger partial charge on any atom is 0.272 e. The molecule has 0 fully saturated rings. The molecular weight excluding hydrogens is 452 g/mol. The third-order valence-corrected chi connectivity index (χ3v) is 5.87. The summed E-state index contributed by atoms with van der Waals surface area (Å²) < 4.78 is 2.94. The summed E-state index contributed by atoms with van der Waals surface area (Å²) in [5.74, 6) is -0.275. The molecule has 1 heterocycles. The smallest absolute Gasteiger partial charge is 0.272 e. The maximum absolute atomic E-state index is 12.4. The maximum atomic E-state index is 12.4. The number of halogens is 1. The number of hydrazone groups is 1. The minimum Gasteiger partial charge on any atom is -0.340 e. The average molecular weight is 471 g/mol. The Balaban J connectivity index is 1.63. The summed E-state index contributed by atoms with van der Waals surface area (Å²) in [6, 6.07) is 25.1. The van der Waals surface area contributed by atoms with Crippen LogP contribution in [0.25, 0.3) is 10.9 Å². The number of hydrogen-bond donors (Lipinski definition) is 1. The predicted octanol–water partition coefficient (Wildman–Crippen LogP) is 5.40. The second-order valence-corrected chi connectivity index (χ2v) is 7.94. The van der Waals surface area contributed by atoms with Crippen LogP contribution in [0.3, 0.4) is 0 Å². The number of hydrogen-bond acceptors (Lipinski definition) is 3. The summed E-state index contributed by atoms with van der Waals surface area (Å²) in [4.78, 5) is 12.4. The highest BCUT2D eigenvalue weighted by molar-refractivity contribution is 9.10. The second kappa shape index (κ2) is 8.99. The van der Waals surface area contributed by atoms with Crippen molar-refractivity contribution >= 4 is 39.0 Å². The van der Waals surface area contributed by atoms with Gasteiger partial charge in [0.1, 0.15) is 0 Å².